The molecule has 3 aromatic rings. The number of aryl methyl sites for hydroxylation is 1. The number of nitrogens with one attached hydrogen (secondary N) is 2. The number of primary amides is 1. The second kappa shape index (κ2) is 9.34. The molecule has 2 fully saturated rings. The summed E-state index contributed by atoms with van der Waals surface area (Å²) < 4.78 is 1.61. The highest BCUT2D eigenvalue weighted by Crippen LogP contribution is 2.39. The SMILES string of the molecule is Cn1cc(Nc2nc(N3CCC(NC(=O)c4ccc(C5CC5)cc4)C(O)C3)cnc2C(N)=O)cn1. The van der Waals surface area contributed by atoms with Gasteiger partial charge in [0.1, 0.15) is 5.82 Å². The van der Waals surface area contributed by atoms with Crippen LogP contribution in [-0.2, 0) is 7.05 Å². The summed E-state index contributed by atoms with van der Waals surface area (Å²) >= 11 is 0. The number of rotatable bonds is 7. The Hall–Kier alpha value is -3.99. The molecule has 2 unspecified atom stereocenters. The lowest BCUT2D eigenvalue weighted by Crippen LogP contribution is -2.54. The lowest BCUT2D eigenvalue weighted by Gasteiger charge is -2.36. The molecule has 2 atom stereocenters. The van der Waals surface area contributed by atoms with Crippen LogP contribution in [0.1, 0.15) is 51.6 Å². The van der Waals surface area contributed by atoms with E-state index >= 15 is 0 Å². The first-order valence-electron chi connectivity index (χ1n) is 11.6. The maximum absolute atomic E-state index is 12.7. The number of hydrogen-bond acceptors (Lipinski definition) is 8. The highest BCUT2D eigenvalue weighted by atomic mass is 16.3. The minimum Gasteiger partial charge on any atom is -0.389 e. The fourth-order valence-corrected chi connectivity index (χ4v) is 4.31. The van der Waals surface area contributed by atoms with E-state index in [0.717, 1.165) is 0 Å². The number of anilines is 3. The van der Waals surface area contributed by atoms with Gasteiger partial charge in [0.05, 0.1) is 30.2 Å². The number of carbonyl (C=O) groups excluding carboxylic acids is 2. The van der Waals surface area contributed by atoms with Crippen molar-refractivity contribution < 1.29 is 14.7 Å². The molecule has 11 nitrogen and oxygen atoms in total. The van der Waals surface area contributed by atoms with Crippen molar-refractivity contribution >= 4 is 29.1 Å². The predicted octanol–water partition coefficient (Wildman–Crippen LogP) is 1.30. The quantitative estimate of drug-likeness (QED) is 0.398. The topological polar surface area (TPSA) is 151 Å². The van der Waals surface area contributed by atoms with Crippen molar-refractivity contribution in [1.82, 2.24) is 25.1 Å². The zero-order chi connectivity index (χ0) is 24.5. The Morgan fingerprint density at radius 3 is 2.54 bits per heavy atom. The second-order valence-electron chi connectivity index (χ2n) is 9.10. The van der Waals surface area contributed by atoms with Crippen molar-refractivity contribution in [1.29, 1.82) is 0 Å². The largest absolute Gasteiger partial charge is 0.389 e. The van der Waals surface area contributed by atoms with Crippen LogP contribution in [0, 0.1) is 0 Å². The van der Waals surface area contributed by atoms with Gasteiger partial charge < -0.3 is 26.4 Å². The molecule has 11 heteroatoms. The number of hydrogen-bond donors (Lipinski definition) is 4. The van der Waals surface area contributed by atoms with Crippen molar-refractivity contribution in [2.45, 2.75) is 37.3 Å². The zero-order valence-corrected chi connectivity index (χ0v) is 19.4. The van der Waals surface area contributed by atoms with E-state index in [1.54, 1.807) is 24.1 Å². The number of piperidine rings is 1. The van der Waals surface area contributed by atoms with Gasteiger partial charge in [-0.2, -0.15) is 5.10 Å². The Morgan fingerprint density at radius 1 is 1.14 bits per heavy atom. The number of nitrogens with zero attached hydrogens (tertiary/aromatic N) is 5. The maximum Gasteiger partial charge on any atom is 0.271 e. The smallest absolute Gasteiger partial charge is 0.271 e. The molecular weight excluding hydrogens is 448 g/mol. The Balaban J connectivity index is 1.24. The molecular formula is C24H28N8O3. The van der Waals surface area contributed by atoms with E-state index in [9.17, 15) is 14.7 Å². The van der Waals surface area contributed by atoms with Gasteiger partial charge in [-0.25, -0.2) is 9.97 Å². The molecule has 182 valence electrons. The maximum atomic E-state index is 12.7. The van der Waals surface area contributed by atoms with Crippen LogP contribution >= 0.6 is 0 Å². The summed E-state index contributed by atoms with van der Waals surface area (Å²) in [6, 6.07) is 7.33. The summed E-state index contributed by atoms with van der Waals surface area (Å²) in [5.41, 5.74) is 7.97. The van der Waals surface area contributed by atoms with Crippen LogP contribution in [0.15, 0.2) is 42.9 Å². The Morgan fingerprint density at radius 2 is 1.91 bits per heavy atom. The number of aliphatic hydroxyl groups excluding tert-OH is 1. The minimum absolute atomic E-state index is 0.00741. The van der Waals surface area contributed by atoms with Crippen molar-refractivity contribution in [3.63, 3.8) is 0 Å². The summed E-state index contributed by atoms with van der Waals surface area (Å²) in [6.45, 7) is 0.794. The summed E-state index contributed by atoms with van der Waals surface area (Å²) in [6.07, 6.45) is 6.94. The van der Waals surface area contributed by atoms with Crippen molar-refractivity contribution in [2.75, 3.05) is 23.3 Å². The van der Waals surface area contributed by atoms with Gasteiger partial charge in [0, 0.05) is 31.9 Å². The molecule has 5 N–H and O–H groups in total. The van der Waals surface area contributed by atoms with Gasteiger partial charge in [-0.3, -0.25) is 14.3 Å². The molecule has 1 aromatic carbocycles. The molecule has 5 rings (SSSR count). The van der Waals surface area contributed by atoms with Gasteiger partial charge in [0.25, 0.3) is 11.8 Å². The predicted molar refractivity (Wildman–Crippen MR) is 130 cm³/mol. The molecule has 1 saturated carbocycles. The van der Waals surface area contributed by atoms with E-state index in [-0.39, 0.29) is 30.0 Å². The Kier molecular flexibility index (Phi) is 6.08. The number of nitrogens with two attached hydrogens (primary N) is 1. The summed E-state index contributed by atoms with van der Waals surface area (Å²) in [4.78, 5) is 35.1. The lowest BCUT2D eigenvalue weighted by molar-refractivity contribution is 0.0797. The molecule has 0 radical (unpaired) electrons. The normalized spacial score (nSPS) is 19.9. The van der Waals surface area contributed by atoms with Crippen molar-refractivity contribution in [2.24, 2.45) is 12.8 Å². The van der Waals surface area contributed by atoms with Crippen molar-refractivity contribution in [3.05, 3.63) is 59.7 Å². The fraction of sp³-hybridized carbons (Fsp3) is 0.375. The first-order chi connectivity index (χ1) is 16.9. The second-order valence-corrected chi connectivity index (χ2v) is 9.10. The van der Waals surface area contributed by atoms with E-state index in [2.05, 4.69) is 25.7 Å². The van der Waals surface area contributed by atoms with E-state index in [1.807, 2.05) is 29.2 Å². The Bertz CT molecular complexity index is 1240. The standard InChI is InChI=1S/C24H28N8O3/c1-31-12-17(10-27-31)28-23-21(22(25)34)26-11-20(30-23)32-9-8-18(19(33)13-32)29-24(35)16-6-4-15(5-7-16)14-2-3-14/h4-7,10-12,14,18-19,33H,2-3,8-9,13H2,1H3,(H2,25,34)(H,28,30)(H,29,35). The summed E-state index contributed by atoms with van der Waals surface area (Å²) in [5, 5.41) is 20.8. The van der Waals surface area contributed by atoms with Crippen LogP contribution in [0.3, 0.4) is 0 Å². The van der Waals surface area contributed by atoms with Crippen molar-refractivity contribution in [3.8, 4) is 0 Å². The first-order valence-corrected chi connectivity index (χ1v) is 11.6. The minimum atomic E-state index is -0.800. The van der Waals surface area contributed by atoms with Crippen LogP contribution < -0.4 is 21.3 Å². The van der Waals surface area contributed by atoms with Crippen LogP contribution in [0.5, 0.6) is 0 Å². The van der Waals surface area contributed by atoms with Gasteiger partial charge >= 0.3 is 0 Å². The number of aliphatic hydroxyl groups is 1. The van der Waals surface area contributed by atoms with Crippen LogP contribution in [0.2, 0.25) is 0 Å². The van der Waals surface area contributed by atoms with E-state index < -0.39 is 12.0 Å². The van der Waals surface area contributed by atoms with E-state index in [0.29, 0.717) is 36.0 Å². The number of aromatic nitrogens is 4. The zero-order valence-electron chi connectivity index (χ0n) is 19.4. The highest BCUT2D eigenvalue weighted by molar-refractivity contribution is 5.96. The third-order valence-corrected chi connectivity index (χ3v) is 6.40. The van der Waals surface area contributed by atoms with E-state index in [1.165, 1.54) is 24.6 Å². The molecule has 1 aliphatic heterocycles. The number of benzene rings is 1. The van der Waals surface area contributed by atoms with E-state index in [4.69, 9.17) is 5.73 Å². The number of carbonyl (C=O) groups is 2. The molecule has 0 bridgehead atoms. The average molecular weight is 477 g/mol. The molecule has 1 aliphatic carbocycles. The molecule has 2 aliphatic rings. The monoisotopic (exact) mass is 476 g/mol. The highest BCUT2D eigenvalue weighted by Gasteiger charge is 2.31. The van der Waals surface area contributed by atoms with Gasteiger partial charge in [-0.15, -0.1) is 0 Å². The van der Waals surface area contributed by atoms with Gasteiger partial charge in [-0.1, -0.05) is 12.1 Å². The third kappa shape index (κ3) is 5.09. The van der Waals surface area contributed by atoms with Crippen LogP contribution in [0.4, 0.5) is 17.3 Å². The molecule has 0 spiro atoms. The molecule has 3 heterocycles. The molecule has 2 amide bonds. The number of amides is 2. The van der Waals surface area contributed by atoms with Gasteiger partial charge in [-0.05, 0) is 42.9 Å². The van der Waals surface area contributed by atoms with Crippen LogP contribution in [-0.4, -0.2) is 61.9 Å². The van der Waals surface area contributed by atoms with Gasteiger partial charge in [0.15, 0.2) is 11.5 Å². The molecule has 35 heavy (non-hydrogen) atoms. The number of β-amino-alcohol motifs (C(OH)–C–C–N with tert-alkyl or cyclic N) is 1. The average Bonchev–Trinajstić information content (AvgIpc) is 3.62. The lowest BCUT2D eigenvalue weighted by atomic mass is 10.0. The molecule has 1 saturated heterocycles. The molecule has 2 aromatic heterocycles. The van der Waals surface area contributed by atoms with Gasteiger partial charge in [0.2, 0.25) is 0 Å². The first kappa shape index (κ1) is 22.8. The fourth-order valence-electron chi connectivity index (χ4n) is 4.31. The summed E-state index contributed by atoms with van der Waals surface area (Å²) in [5.74, 6) is 0.433. The summed E-state index contributed by atoms with van der Waals surface area (Å²) in [7, 11) is 1.77. The Labute approximate surface area is 202 Å². The third-order valence-electron chi connectivity index (χ3n) is 6.40. The van der Waals surface area contributed by atoms with Crippen LogP contribution in [0.25, 0.3) is 0 Å².